The van der Waals surface area contributed by atoms with Crippen molar-refractivity contribution in [1.29, 1.82) is 0 Å². The second-order valence-corrected chi connectivity index (χ2v) is 7.42. The Kier molecular flexibility index (Phi) is 4.18. The van der Waals surface area contributed by atoms with E-state index in [2.05, 4.69) is 13.5 Å². The van der Waals surface area contributed by atoms with Crippen LogP contribution in [-0.2, 0) is 9.53 Å². The highest BCUT2D eigenvalue weighted by molar-refractivity contribution is 5.98. The maximum atomic E-state index is 13.0. The summed E-state index contributed by atoms with van der Waals surface area (Å²) in [6, 6.07) is 3.77. The molecule has 1 aromatic rings. The summed E-state index contributed by atoms with van der Waals surface area (Å²) in [4.78, 5) is 13.0. The maximum Gasteiger partial charge on any atom is 0.231 e. The van der Waals surface area contributed by atoms with Crippen molar-refractivity contribution >= 4 is 5.78 Å². The van der Waals surface area contributed by atoms with Crippen molar-refractivity contribution in [2.75, 3.05) is 21.0 Å². The molecule has 27 heavy (non-hydrogen) atoms. The number of rotatable bonds is 5. The quantitative estimate of drug-likeness (QED) is 0.801. The van der Waals surface area contributed by atoms with Crippen molar-refractivity contribution < 1.29 is 28.8 Å². The minimum absolute atomic E-state index is 0.0165. The van der Waals surface area contributed by atoms with E-state index in [-0.39, 0.29) is 24.4 Å². The van der Waals surface area contributed by atoms with Crippen LogP contribution in [0.1, 0.15) is 24.8 Å². The van der Waals surface area contributed by atoms with Crippen molar-refractivity contribution in [2.45, 2.75) is 25.4 Å². The van der Waals surface area contributed by atoms with E-state index in [1.54, 1.807) is 19.3 Å². The number of ether oxygens (including phenoxy) is 4. The van der Waals surface area contributed by atoms with Crippen LogP contribution in [-0.4, -0.2) is 38.0 Å². The second kappa shape index (κ2) is 6.30. The van der Waals surface area contributed by atoms with E-state index >= 15 is 0 Å². The van der Waals surface area contributed by atoms with Gasteiger partial charge in [-0.1, -0.05) is 13.0 Å². The standard InChI is InChI=1S/C21H24O6/c1-5-6-21-9-15(25-4)18(22)17(20(21)23)16(11(21)2)12-7-13(24-3)19-14(8-12)26-10-27-19/h5,7-9,11,16-17,20,23H,1,6,10H2,2-4H3/t11-,16+,17-,20+,21-/m1/s1. The number of methoxy groups -OCH3 is 2. The Morgan fingerprint density at radius 2 is 2.07 bits per heavy atom. The van der Waals surface area contributed by atoms with Gasteiger partial charge in [-0.3, -0.25) is 4.79 Å². The van der Waals surface area contributed by atoms with E-state index in [0.29, 0.717) is 29.4 Å². The molecule has 3 aliphatic rings. The molecule has 0 spiro atoms. The molecular formula is C21H24O6. The van der Waals surface area contributed by atoms with E-state index in [1.807, 2.05) is 12.1 Å². The largest absolute Gasteiger partial charge is 0.493 e. The zero-order valence-corrected chi connectivity index (χ0v) is 15.7. The minimum atomic E-state index is -0.807. The summed E-state index contributed by atoms with van der Waals surface area (Å²) in [5.74, 6) is 1.05. The molecule has 2 bridgehead atoms. The highest BCUT2D eigenvalue weighted by atomic mass is 16.7. The number of hydrogen-bond acceptors (Lipinski definition) is 6. The molecule has 6 heteroatoms. The predicted molar refractivity (Wildman–Crippen MR) is 97.9 cm³/mol. The first kappa shape index (κ1) is 17.9. The average molecular weight is 372 g/mol. The lowest BCUT2D eigenvalue weighted by molar-refractivity contribution is -0.128. The van der Waals surface area contributed by atoms with Gasteiger partial charge in [0.15, 0.2) is 17.3 Å². The summed E-state index contributed by atoms with van der Waals surface area (Å²) in [7, 11) is 3.06. The normalized spacial score (nSPS) is 33.6. The van der Waals surface area contributed by atoms with E-state index in [1.165, 1.54) is 7.11 Å². The molecule has 6 nitrogen and oxygen atoms in total. The van der Waals surface area contributed by atoms with Crippen LogP contribution in [0, 0.1) is 17.3 Å². The van der Waals surface area contributed by atoms with Gasteiger partial charge in [0.2, 0.25) is 18.3 Å². The number of allylic oxidation sites excluding steroid dienone is 2. The fraction of sp³-hybridized carbons (Fsp3) is 0.476. The number of Topliss-reactive ketones (excluding diaryl/α,β-unsaturated/α-hetero) is 1. The molecule has 0 radical (unpaired) electrons. The minimum Gasteiger partial charge on any atom is -0.493 e. The number of aliphatic hydroxyl groups is 1. The molecule has 1 aliphatic heterocycles. The highest BCUT2D eigenvalue weighted by Gasteiger charge is 2.62. The Bertz CT molecular complexity index is 828. The van der Waals surface area contributed by atoms with Crippen LogP contribution in [0.2, 0.25) is 0 Å². The van der Waals surface area contributed by atoms with Crippen LogP contribution in [0.5, 0.6) is 17.2 Å². The van der Waals surface area contributed by atoms with Gasteiger partial charge in [-0.25, -0.2) is 0 Å². The van der Waals surface area contributed by atoms with Crippen LogP contribution in [0.15, 0.2) is 36.6 Å². The Morgan fingerprint density at radius 3 is 2.74 bits per heavy atom. The maximum absolute atomic E-state index is 13.0. The number of aliphatic hydroxyl groups excluding tert-OH is 1. The fourth-order valence-corrected chi connectivity index (χ4v) is 5.06. The molecule has 144 valence electrons. The molecule has 1 fully saturated rings. The van der Waals surface area contributed by atoms with Crippen molar-refractivity contribution in [2.24, 2.45) is 17.3 Å². The molecule has 0 saturated heterocycles. The van der Waals surface area contributed by atoms with Gasteiger partial charge in [0.1, 0.15) is 0 Å². The molecule has 0 amide bonds. The van der Waals surface area contributed by atoms with Gasteiger partial charge in [-0.15, -0.1) is 6.58 Å². The third-order valence-corrected chi connectivity index (χ3v) is 6.39. The smallest absolute Gasteiger partial charge is 0.231 e. The molecule has 0 unspecified atom stereocenters. The highest BCUT2D eigenvalue weighted by Crippen LogP contribution is 2.61. The van der Waals surface area contributed by atoms with Gasteiger partial charge in [-0.05, 0) is 36.1 Å². The van der Waals surface area contributed by atoms with E-state index in [4.69, 9.17) is 18.9 Å². The summed E-state index contributed by atoms with van der Waals surface area (Å²) in [5.41, 5.74) is 0.289. The number of fused-ring (bicyclic) bond motifs is 3. The van der Waals surface area contributed by atoms with Crippen LogP contribution >= 0.6 is 0 Å². The Labute approximate surface area is 158 Å². The summed E-state index contributed by atoms with van der Waals surface area (Å²) < 4.78 is 21.9. The topological polar surface area (TPSA) is 74.2 Å². The Balaban J connectivity index is 1.86. The van der Waals surface area contributed by atoms with Gasteiger partial charge in [0.05, 0.1) is 26.2 Å². The molecule has 1 heterocycles. The lowest BCUT2D eigenvalue weighted by Gasteiger charge is -2.36. The van der Waals surface area contributed by atoms with E-state index in [9.17, 15) is 9.90 Å². The third-order valence-electron chi connectivity index (χ3n) is 6.39. The second-order valence-electron chi connectivity index (χ2n) is 7.42. The van der Waals surface area contributed by atoms with Gasteiger partial charge >= 0.3 is 0 Å². The first-order chi connectivity index (χ1) is 13.0. The number of carbonyl (C=O) groups is 1. The lowest BCUT2D eigenvalue weighted by Crippen LogP contribution is -2.42. The van der Waals surface area contributed by atoms with Crippen molar-refractivity contribution in [3.8, 4) is 17.2 Å². The Morgan fingerprint density at radius 1 is 1.30 bits per heavy atom. The zero-order valence-electron chi connectivity index (χ0n) is 15.7. The molecule has 4 rings (SSSR count). The number of benzene rings is 1. The first-order valence-electron chi connectivity index (χ1n) is 9.06. The molecule has 1 saturated carbocycles. The third kappa shape index (κ3) is 2.32. The number of hydrogen-bond donors (Lipinski definition) is 1. The van der Waals surface area contributed by atoms with Gasteiger partial charge < -0.3 is 24.1 Å². The fourth-order valence-electron chi connectivity index (χ4n) is 5.06. The zero-order chi connectivity index (χ0) is 19.3. The molecular weight excluding hydrogens is 348 g/mol. The van der Waals surface area contributed by atoms with Crippen LogP contribution in [0.3, 0.4) is 0 Å². The van der Waals surface area contributed by atoms with E-state index < -0.39 is 17.4 Å². The lowest BCUT2D eigenvalue weighted by atomic mass is 9.70. The SMILES string of the molecule is C=CC[C@@]12C=C(OC)C(=O)[C@@H]([C@H](c3cc(OC)c4c(c3)OCO4)[C@H]1C)[C@@H]2O. The molecule has 1 N–H and O–H groups in total. The number of ketones is 1. The Hall–Kier alpha value is -2.47. The monoisotopic (exact) mass is 372 g/mol. The molecule has 1 aromatic carbocycles. The van der Waals surface area contributed by atoms with Crippen molar-refractivity contribution in [1.82, 2.24) is 0 Å². The summed E-state index contributed by atoms with van der Waals surface area (Å²) >= 11 is 0. The molecule has 5 atom stereocenters. The molecule has 2 aliphatic carbocycles. The summed E-state index contributed by atoms with van der Waals surface area (Å²) in [6.45, 7) is 6.06. The van der Waals surface area contributed by atoms with Gasteiger partial charge in [-0.2, -0.15) is 0 Å². The van der Waals surface area contributed by atoms with Gasteiger partial charge in [0, 0.05) is 11.3 Å². The number of carbonyl (C=O) groups excluding carboxylic acids is 1. The summed E-state index contributed by atoms with van der Waals surface area (Å²) in [5, 5.41) is 11.1. The van der Waals surface area contributed by atoms with Gasteiger partial charge in [0.25, 0.3) is 0 Å². The summed E-state index contributed by atoms with van der Waals surface area (Å²) in [6.07, 6.45) is 3.34. The van der Waals surface area contributed by atoms with Crippen molar-refractivity contribution in [3.05, 3.63) is 42.2 Å². The molecule has 0 aromatic heterocycles. The van der Waals surface area contributed by atoms with Crippen molar-refractivity contribution in [3.63, 3.8) is 0 Å². The average Bonchev–Trinajstić information content (AvgIpc) is 3.19. The van der Waals surface area contributed by atoms with Crippen LogP contribution in [0.4, 0.5) is 0 Å². The van der Waals surface area contributed by atoms with E-state index in [0.717, 1.165) is 5.56 Å². The predicted octanol–water partition coefficient (Wildman–Crippen LogP) is 2.81. The van der Waals surface area contributed by atoms with Crippen LogP contribution in [0.25, 0.3) is 0 Å². The first-order valence-corrected chi connectivity index (χ1v) is 9.06. The van der Waals surface area contributed by atoms with Crippen LogP contribution < -0.4 is 14.2 Å².